The molecule has 0 aliphatic rings. The fourth-order valence-corrected chi connectivity index (χ4v) is 1.63. The molecule has 1 N–H and O–H groups in total. The molecule has 2 rings (SSSR count). The van der Waals surface area contributed by atoms with E-state index in [1.807, 2.05) is 16.9 Å². The van der Waals surface area contributed by atoms with Gasteiger partial charge in [-0.1, -0.05) is 19.1 Å². The molecule has 1 aromatic heterocycles. The SMILES string of the molecule is CCCNc1cccc(Cn2cccn2)c1. The highest BCUT2D eigenvalue weighted by atomic mass is 15.3. The first kappa shape index (κ1) is 10.7. The topological polar surface area (TPSA) is 29.9 Å². The molecule has 3 heteroatoms. The molecule has 0 saturated carbocycles. The Hall–Kier alpha value is -1.77. The van der Waals surface area contributed by atoms with E-state index in [1.54, 1.807) is 6.20 Å². The summed E-state index contributed by atoms with van der Waals surface area (Å²) in [5.41, 5.74) is 2.45. The standard InChI is InChI=1S/C13H17N3/c1-2-7-14-13-6-3-5-12(10-13)11-16-9-4-8-15-16/h3-6,8-10,14H,2,7,11H2,1H3. The highest BCUT2D eigenvalue weighted by Crippen LogP contribution is 2.11. The Morgan fingerprint density at radius 3 is 3.00 bits per heavy atom. The molecule has 3 nitrogen and oxygen atoms in total. The molecule has 0 bridgehead atoms. The van der Waals surface area contributed by atoms with Crippen LogP contribution in [0.1, 0.15) is 18.9 Å². The van der Waals surface area contributed by atoms with E-state index >= 15 is 0 Å². The Kier molecular flexibility index (Phi) is 3.59. The summed E-state index contributed by atoms with van der Waals surface area (Å²) in [6, 6.07) is 10.4. The quantitative estimate of drug-likeness (QED) is 0.831. The van der Waals surface area contributed by atoms with Gasteiger partial charge in [0, 0.05) is 24.6 Å². The fraction of sp³-hybridized carbons (Fsp3) is 0.308. The molecule has 84 valence electrons. The van der Waals surface area contributed by atoms with Crippen LogP contribution in [0.25, 0.3) is 0 Å². The number of anilines is 1. The zero-order valence-corrected chi connectivity index (χ0v) is 9.56. The van der Waals surface area contributed by atoms with E-state index in [-0.39, 0.29) is 0 Å². The van der Waals surface area contributed by atoms with Crippen LogP contribution >= 0.6 is 0 Å². The number of rotatable bonds is 5. The van der Waals surface area contributed by atoms with Crippen LogP contribution in [0, 0.1) is 0 Å². The molecule has 0 atom stereocenters. The minimum absolute atomic E-state index is 0.828. The average Bonchev–Trinajstić information content (AvgIpc) is 2.80. The predicted molar refractivity (Wildman–Crippen MR) is 66.6 cm³/mol. The largest absolute Gasteiger partial charge is 0.385 e. The summed E-state index contributed by atoms with van der Waals surface area (Å²) in [4.78, 5) is 0. The monoisotopic (exact) mass is 215 g/mol. The Morgan fingerprint density at radius 2 is 2.25 bits per heavy atom. The maximum absolute atomic E-state index is 4.20. The second-order valence-corrected chi connectivity index (χ2v) is 3.83. The lowest BCUT2D eigenvalue weighted by molar-refractivity contribution is 0.687. The minimum atomic E-state index is 0.828. The van der Waals surface area contributed by atoms with E-state index in [1.165, 1.54) is 11.3 Å². The zero-order valence-electron chi connectivity index (χ0n) is 9.56. The van der Waals surface area contributed by atoms with Gasteiger partial charge in [0.05, 0.1) is 6.54 Å². The van der Waals surface area contributed by atoms with Crippen molar-refractivity contribution in [1.82, 2.24) is 9.78 Å². The third-order valence-corrected chi connectivity index (χ3v) is 2.41. The summed E-state index contributed by atoms with van der Waals surface area (Å²) >= 11 is 0. The van der Waals surface area contributed by atoms with E-state index < -0.39 is 0 Å². The first-order valence-corrected chi connectivity index (χ1v) is 5.68. The van der Waals surface area contributed by atoms with Gasteiger partial charge >= 0.3 is 0 Å². The van der Waals surface area contributed by atoms with Crippen molar-refractivity contribution < 1.29 is 0 Å². The Morgan fingerprint density at radius 1 is 1.31 bits per heavy atom. The second-order valence-electron chi connectivity index (χ2n) is 3.83. The molecule has 0 aliphatic carbocycles. The van der Waals surface area contributed by atoms with E-state index in [2.05, 4.69) is 41.6 Å². The summed E-state index contributed by atoms with van der Waals surface area (Å²) in [5.74, 6) is 0. The van der Waals surface area contributed by atoms with Gasteiger partial charge in [-0.15, -0.1) is 0 Å². The fourth-order valence-electron chi connectivity index (χ4n) is 1.63. The molecule has 0 amide bonds. The lowest BCUT2D eigenvalue weighted by Crippen LogP contribution is -2.02. The number of hydrogen-bond acceptors (Lipinski definition) is 2. The summed E-state index contributed by atoms with van der Waals surface area (Å²) < 4.78 is 1.93. The van der Waals surface area contributed by atoms with Crippen molar-refractivity contribution >= 4 is 5.69 Å². The van der Waals surface area contributed by atoms with E-state index in [4.69, 9.17) is 0 Å². The number of hydrogen-bond donors (Lipinski definition) is 1. The van der Waals surface area contributed by atoms with Gasteiger partial charge in [-0.05, 0) is 30.2 Å². The molecule has 0 fully saturated rings. The van der Waals surface area contributed by atoms with Crippen LogP contribution in [-0.4, -0.2) is 16.3 Å². The highest BCUT2D eigenvalue weighted by Gasteiger charge is 1.96. The van der Waals surface area contributed by atoms with Gasteiger partial charge in [0.1, 0.15) is 0 Å². The van der Waals surface area contributed by atoms with Crippen molar-refractivity contribution in [3.8, 4) is 0 Å². The maximum Gasteiger partial charge on any atom is 0.0660 e. The summed E-state index contributed by atoms with van der Waals surface area (Å²) in [5, 5.41) is 7.58. The summed E-state index contributed by atoms with van der Waals surface area (Å²) in [6.45, 7) is 4.01. The molecule has 0 unspecified atom stereocenters. The minimum Gasteiger partial charge on any atom is -0.385 e. The zero-order chi connectivity index (χ0) is 11.2. The lowest BCUT2D eigenvalue weighted by atomic mass is 10.2. The molecule has 0 spiro atoms. The number of aromatic nitrogens is 2. The van der Waals surface area contributed by atoms with Gasteiger partial charge in [-0.25, -0.2) is 0 Å². The van der Waals surface area contributed by atoms with Crippen LogP contribution < -0.4 is 5.32 Å². The smallest absolute Gasteiger partial charge is 0.0660 e. The van der Waals surface area contributed by atoms with Gasteiger partial charge in [-0.3, -0.25) is 4.68 Å². The van der Waals surface area contributed by atoms with Crippen LogP contribution in [0.4, 0.5) is 5.69 Å². The second kappa shape index (κ2) is 5.35. The molecule has 1 aromatic carbocycles. The first-order valence-electron chi connectivity index (χ1n) is 5.68. The first-order chi connectivity index (χ1) is 7.88. The molecular formula is C13H17N3. The van der Waals surface area contributed by atoms with Crippen LogP contribution in [0.5, 0.6) is 0 Å². The molecule has 1 heterocycles. The summed E-state index contributed by atoms with van der Waals surface area (Å²) in [6.07, 6.45) is 4.93. The lowest BCUT2D eigenvalue weighted by Gasteiger charge is -2.07. The van der Waals surface area contributed by atoms with E-state index in [0.29, 0.717) is 0 Å². The van der Waals surface area contributed by atoms with Gasteiger partial charge in [0.15, 0.2) is 0 Å². The van der Waals surface area contributed by atoms with Crippen LogP contribution in [0.15, 0.2) is 42.7 Å². The van der Waals surface area contributed by atoms with E-state index in [0.717, 1.165) is 19.5 Å². The molecule has 2 aromatic rings. The van der Waals surface area contributed by atoms with Gasteiger partial charge in [0.25, 0.3) is 0 Å². The molecule has 0 radical (unpaired) electrons. The van der Waals surface area contributed by atoms with Crippen LogP contribution in [0.3, 0.4) is 0 Å². The number of nitrogens with one attached hydrogen (secondary N) is 1. The van der Waals surface area contributed by atoms with Crippen molar-refractivity contribution in [3.63, 3.8) is 0 Å². The van der Waals surface area contributed by atoms with Gasteiger partial charge in [0.2, 0.25) is 0 Å². The molecule has 0 saturated heterocycles. The molecular weight excluding hydrogens is 198 g/mol. The van der Waals surface area contributed by atoms with Crippen LogP contribution in [-0.2, 0) is 6.54 Å². The van der Waals surface area contributed by atoms with E-state index in [9.17, 15) is 0 Å². The predicted octanol–water partition coefficient (Wildman–Crippen LogP) is 2.75. The van der Waals surface area contributed by atoms with Crippen molar-refractivity contribution in [2.75, 3.05) is 11.9 Å². The van der Waals surface area contributed by atoms with Crippen molar-refractivity contribution in [3.05, 3.63) is 48.3 Å². The van der Waals surface area contributed by atoms with Crippen molar-refractivity contribution in [2.24, 2.45) is 0 Å². The van der Waals surface area contributed by atoms with Gasteiger partial charge in [-0.2, -0.15) is 5.10 Å². The Labute approximate surface area is 96.1 Å². The maximum atomic E-state index is 4.20. The Balaban J connectivity index is 2.04. The number of nitrogens with zero attached hydrogens (tertiary/aromatic N) is 2. The van der Waals surface area contributed by atoms with Crippen molar-refractivity contribution in [1.29, 1.82) is 0 Å². The van der Waals surface area contributed by atoms with Crippen molar-refractivity contribution in [2.45, 2.75) is 19.9 Å². The Bertz CT molecular complexity index is 421. The van der Waals surface area contributed by atoms with Gasteiger partial charge < -0.3 is 5.32 Å². The number of benzene rings is 1. The highest BCUT2D eigenvalue weighted by molar-refractivity contribution is 5.45. The summed E-state index contributed by atoms with van der Waals surface area (Å²) in [7, 11) is 0. The average molecular weight is 215 g/mol. The third-order valence-electron chi connectivity index (χ3n) is 2.41. The normalized spacial score (nSPS) is 10.3. The van der Waals surface area contributed by atoms with Crippen LogP contribution in [0.2, 0.25) is 0 Å². The third kappa shape index (κ3) is 2.86. The molecule has 0 aliphatic heterocycles. The molecule has 16 heavy (non-hydrogen) atoms.